The number of amides is 1. The lowest BCUT2D eigenvalue weighted by Gasteiger charge is -2.41. The topological polar surface area (TPSA) is 57.6 Å². The minimum atomic E-state index is -0.797. The van der Waals surface area contributed by atoms with E-state index in [-0.39, 0.29) is 11.8 Å². The summed E-state index contributed by atoms with van der Waals surface area (Å²) in [5.74, 6) is -1.17. The van der Waals surface area contributed by atoms with Crippen molar-refractivity contribution in [3.63, 3.8) is 0 Å². The summed E-state index contributed by atoms with van der Waals surface area (Å²) in [6.07, 6.45) is 0. The SMILES string of the molecule is Cc1cccc(C(=O)N2CC(C(C)C(=O)O)C2)c1Br. The Balaban J connectivity index is 2.04. The van der Waals surface area contributed by atoms with E-state index in [0.29, 0.717) is 18.7 Å². The summed E-state index contributed by atoms with van der Waals surface area (Å²) in [6.45, 7) is 4.67. The Morgan fingerprint density at radius 1 is 1.42 bits per heavy atom. The van der Waals surface area contributed by atoms with Crippen LogP contribution in [0.3, 0.4) is 0 Å². The fraction of sp³-hybridized carbons (Fsp3) is 0.429. The van der Waals surface area contributed by atoms with Gasteiger partial charge in [-0.15, -0.1) is 0 Å². The highest BCUT2D eigenvalue weighted by Gasteiger charge is 2.37. The Kier molecular flexibility index (Phi) is 3.94. The summed E-state index contributed by atoms with van der Waals surface area (Å²) < 4.78 is 0.815. The Bertz CT molecular complexity index is 523. The van der Waals surface area contributed by atoms with Gasteiger partial charge in [-0.1, -0.05) is 19.1 Å². The smallest absolute Gasteiger partial charge is 0.306 e. The van der Waals surface area contributed by atoms with E-state index in [1.807, 2.05) is 19.1 Å². The number of nitrogens with zero attached hydrogens (tertiary/aromatic N) is 1. The molecule has 4 nitrogen and oxygen atoms in total. The Labute approximate surface area is 120 Å². The number of benzene rings is 1. The van der Waals surface area contributed by atoms with E-state index in [1.54, 1.807) is 17.9 Å². The molecule has 1 N–H and O–H groups in total. The highest BCUT2D eigenvalue weighted by Crippen LogP contribution is 2.28. The summed E-state index contributed by atoms with van der Waals surface area (Å²) in [7, 11) is 0. The molecule has 1 unspecified atom stereocenters. The molecule has 19 heavy (non-hydrogen) atoms. The van der Waals surface area contributed by atoms with Crippen LogP contribution in [0.15, 0.2) is 22.7 Å². The maximum atomic E-state index is 12.3. The number of carbonyl (C=O) groups excluding carboxylic acids is 1. The molecule has 1 saturated heterocycles. The number of carboxylic acids is 1. The molecule has 1 aliphatic heterocycles. The number of hydrogen-bond donors (Lipinski definition) is 1. The number of carbonyl (C=O) groups is 2. The number of rotatable bonds is 3. The Hall–Kier alpha value is -1.36. The van der Waals surface area contributed by atoms with Gasteiger partial charge in [-0.2, -0.15) is 0 Å². The molecule has 0 spiro atoms. The van der Waals surface area contributed by atoms with Crippen LogP contribution in [-0.4, -0.2) is 35.0 Å². The number of aryl methyl sites for hydroxylation is 1. The van der Waals surface area contributed by atoms with Gasteiger partial charge in [0.1, 0.15) is 0 Å². The van der Waals surface area contributed by atoms with E-state index in [0.717, 1.165) is 10.0 Å². The third-order valence-electron chi connectivity index (χ3n) is 3.72. The molecule has 0 bridgehead atoms. The quantitative estimate of drug-likeness (QED) is 0.929. The molecule has 0 aromatic heterocycles. The summed E-state index contributed by atoms with van der Waals surface area (Å²) >= 11 is 3.43. The van der Waals surface area contributed by atoms with Crippen molar-refractivity contribution >= 4 is 27.8 Å². The Morgan fingerprint density at radius 3 is 2.63 bits per heavy atom. The molecule has 1 aromatic carbocycles. The van der Waals surface area contributed by atoms with Gasteiger partial charge in [0.15, 0.2) is 0 Å². The van der Waals surface area contributed by atoms with E-state index in [2.05, 4.69) is 15.9 Å². The van der Waals surface area contributed by atoms with Crippen LogP contribution in [0.1, 0.15) is 22.8 Å². The van der Waals surface area contributed by atoms with Crippen molar-refractivity contribution in [2.24, 2.45) is 11.8 Å². The first kappa shape index (κ1) is 14.1. The van der Waals surface area contributed by atoms with Crippen LogP contribution in [0.2, 0.25) is 0 Å². The average molecular weight is 326 g/mol. The lowest BCUT2D eigenvalue weighted by Crippen LogP contribution is -2.53. The standard InChI is InChI=1S/C14H16BrNO3/c1-8-4-3-5-11(12(8)15)13(17)16-6-10(7-16)9(2)14(18)19/h3-5,9-10H,6-7H2,1-2H3,(H,18,19). The molecule has 1 fully saturated rings. The minimum Gasteiger partial charge on any atom is -0.481 e. The third-order valence-corrected chi connectivity index (χ3v) is 4.77. The molecule has 0 radical (unpaired) electrons. The zero-order valence-corrected chi connectivity index (χ0v) is 12.5. The molecule has 0 aliphatic carbocycles. The number of halogens is 1. The predicted molar refractivity (Wildman–Crippen MR) is 75.1 cm³/mol. The van der Waals surface area contributed by atoms with E-state index in [9.17, 15) is 9.59 Å². The van der Waals surface area contributed by atoms with E-state index >= 15 is 0 Å². The molecule has 1 aromatic rings. The molecule has 102 valence electrons. The largest absolute Gasteiger partial charge is 0.481 e. The van der Waals surface area contributed by atoms with Gasteiger partial charge in [-0.25, -0.2) is 0 Å². The van der Waals surface area contributed by atoms with Crippen LogP contribution in [0.4, 0.5) is 0 Å². The molecular weight excluding hydrogens is 310 g/mol. The van der Waals surface area contributed by atoms with Crippen LogP contribution in [0, 0.1) is 18.8 Å². The van der Waals surface area contributed by atoms with Crippen LogP contribution in [0.25, 0.3) is 0 Å². The predicted octanol–water partition coefficient (Wildman–Crippen LogP) is 2.55. The zero-order chi connectivity index (χ0) is 14.2. The first-order chi connectivity index (χ1) is 8.91. The van der Waals surface area contributed by atoms with Crippen molar-refractivity contribution in [3.05, 3.63) is 33.8 Å². The number of carboxylic acid groups (broad SMARTS) is 1. The minimum absolute atomic E-state index is 0.0376. The first-order valence-electron chi connectivity index (χ1n) is 6.19. The van der Waals surface area contributed by atoms with Gasteiger partial charge in [0.2, 0.25) is 0 Å². The van der Waals surface area contributed by atoms with Crippen LogP contribution >= 0.6 is 15.9 Å². The van der Waals surface area contributed by atoms with Crippen molar-refractivity contribution in [1.82, 2.24) is 4.90 Å². The molecule has 1 aliphatic rings. The molecule has 1 heterocycles. The third kappa shape index (κ3) is 2.66. The fourth-order valence-electron chi connectivity index (χ4n) is 2.18. The van der Waals surface area contributed by atoms with Crippen molar-refractivity contribution in [2.45, 2.75) is 13.8 Å². The lowest BCUT2D eigenvalue weighted by molar-refractivity contribution is -0.144. The normalized spacial score (nSPS) is 16.9. The first-order valence-corrected chi connectivity index (χ1v) is 6.98. The summed E-state index contributed by atoms with van der Waals surface area (Å²) in [5, 5.41) is 8.93. The van der Waals surface area contributed by atoms with Gasteiger partial charge in [-0.3, -0.25) is 9.59 Å². The van der Waals surface area contributed by atoms with Crippen LogP contribution in [-0.2, 0) is 4.79 Å². The van der Waals surface area contributed by atoms with Crippen LogP contribution < -0.4 is 0 Å². The van der Waals surface area contributed by atoms with Gasteiger partial charge in [0.25, 0.3) is 5.91 Å². The van der Waals surface area contributed by atoms with Crippen molar-refractivity contribution in [2.75, 3.05) is 13.1 Å². The van der Waals surface area contributed by atoms with Gasteiger partial charge in [-0.05, 0) is 34.5 Å². The molecule has 2 rings (SSSR count). The number of hydrogen-bond acceptors (Lipinski definition) is 2. The highest BCUT2D eigenvalue weighted by molar-refractivity contribution is 9.10. The second kappa shape index (κ2) is 5.33. The Morgan fingerprint density at radius 2 is 2.05 bits per heavy atom. The second-order valence-electron chi connectivity index (χ2n) is 5.03. The molecular formula is C14H16BrNO3. The maximum Gasteiger partial charge on any atom is 0.306 e. The highest BCUT2D eigenvalue weighted by atomic mass is 79.9. The van der Waals surface area contributed by atoms with Crippen LogP contribution in [0.5, 0.6) is 0 Å². The lowest BCUT2D eigenvalue weighted by atomic mass is 9.86. The number of likely N-dealkylation sites (tertiary alicyclic amines) is 1. The molecule has 0 saturated carbocycles. The van der Waals surface area contributed by atoms with Crippen molar-refractivity contribution < 1.29 is 14.7 Å². The molecule has 1 amide bonds. The van der Waals surface area contributed by atoms with Gasteiger partial charge < -0.3 is 10.0 Å². The van der Waals surface area contributed by atoms with E-state index in [4.69, 9.17) is 5.11 Å². The van der Waals surface area contributed by atoms with Gasteiger partial charge in [0, 0.05) is 23.5 Å². The van der Waals surface area contributed by atoms with Gasteiger partial charge in [0.05, 0.1) is 11.5 Å². The monoisotopic (exact) mass is 325 g/mol. The summed E-state index contributed by atoms with van der Waals surface area (Å²) in [4.78, 5) is 24.9. The van der Waals surface area contributed by atoms with Crippen molar-refractivity contribution in [1.29, 1.82) is 0 Å². The zero-order valence-electron chi connectivity index (χ0n) is 10.9. The number of aliphatic carboxylic acids is 1. The van der Waals surface area contributed by atoms with E-state index < -0.39 is 11.9 Å². The summed E-state index contributed by atoms with van der Waals surface area (Å²) in [6, 6.07) is 5.57. The average Bonchev–Trinajstić information content (AvgIpc) is 2.30. The molecule has 5 heteroatoms. The van der Waals surface area contributed by atoms with Crippen molar-refractivity contribution in [3.8, 4) is 0 Å². The van der Waals surface area contributed by atoms with Gasteiger partial charge >= 0.3 is 5.97 Å². The fourth-order valence-corrected chi connectivity index (χ4v) is 2.61. The molecule has 1 atom stereocenters. The maximum absolute atomic E-state index is 12.3. The second-order valence-corrected chi connectivity index (χ2v) is 5.83. The van der Waals surface area contributed by atoms with E-state index in [1.165, 1.54) is 0 Å². The summed E-state index contributed by atoms with van der Waals surface area (Å²) in [5.41, 5.74) is 1.66.